The first kappa shape index (κ1) is 14.9. The smallest absolute Gasteiger partial charge is 0.296 e. The highest BCUT2D eigenvalue weighted by Crippen LogP contribution is 2.35. The molecule has 0 unspecified atom stereocenters. The van der Waals surface area contributed by atoms with Gasteiger partial charge in [-0.3, -0.25) is 9.78 Å². The van der Waals surface area contributed by atoms with Crippen LogP contribution < -0.4 is 0 Å². The van der Waals surface area contributed by atoms with Crippen molar-refractivity contribution in [3.8, 4) is 0 Å². The molecule has 1 aromatic heterocycles. The van der Waals surface area contributed by atoms with Crippen molar-refractivity contribution in [1.82, 2.24) is 4.98 Å². The van der Waals surface area contributed by atoms with Gasteiger partial charge in [0.1, 0.15) is 5.69 Å². The van der Waals surface area contributed by atoms with E-state index in [9.17, 15) is 18.0 Å². The second-order valence-corrected chi connectivity index (χ2v) is 5.33. The number of alkyl halides is 3. The highest BCUT2D eigenvalue weighted by atomic mass is 35.5. The van der Waals surface area contributed by atoms with Gasteiger partial charge >= 0.3 is 6.18 Å². The molecule has 0 spiro atoms. The van der Waals surface area contributed by atoms with Gasteiger partial charge in [0.15, 0.2) is 6.29 Å². The molecule has 0 aliphatic heterocycles. The second kappa shape index (κ2) is 5.85. The molecule has 0 saturated heterocycles. The Morgan fingerprint density at radius 3 is 2.40 bits per heavy atom. The number of pyridine rings is 1. The van der Waals surface area contributed by atoms with Crippen LogP contribution in [0.4, 0.5) is 13.2 Å². The van der Waals surface area contributed by atoms with Crippen molar-refractivity contribution in [3.63, 3.8) is 0 Å². The molecule has 7 heteroatoms. The van der Waals surface area contributed by atoms with Gasteiger partial charge in [0.2, 0.25) is 0 Å². The maximum Gasteiger partial charge on any atom is 0.417 e. The van der Waals surface area contributed by atoms with E-state index in [4.69, 9.17) is 11.6 Å². The third kappa shape index (κ3) is 3.52. The van der Waals surface area contributed by atoms with Crippen molar-refractivity contribution >= 4 is 29.6 Å². The minimum absolute atomic E-state index is 0.0297. The highest BCUT2D eigenvalue weighted by molar-refractivity contribution is 7.99. The van der Waals surface area contributed by atoms with Gasteiger partial charge < -0.3 is 0 Å². The van der Waals surface area contributed by atoms with E-state index >= 15 is 0 Å². The number of rotatable bonds is 3. The Balaban J connectivity index is 2.38. The lowest BCUT2D eigenvalue weighted by molar-refractivity contribution is -0.138. The molecule has 0 N–H and O–H groups in total. The summed E-state index contributed by atoms with van der Waals surface area (Å²) >= 11 is 6.76. The van der Waals surface area contributed by atoms with E-state index in [1.54, 1.807) is 24.3 Å². The summed E-state index contributed by atoms with van der Waals surface area (Å²) in [6, 6.07) is 7.46. The number of aromatic nitrogens is 1. The third-order valence-corrected chi connectivity index (χ3v) is 3.67. The quantitative estimate of drug-likeness (QED) is 0.767. The van der Waals surface area contributed by atoms with Crippen LogP contribution in [0.5, 0.6) is 0 Å². The summed E-state index contributed by atoms with van der Waals surface area (Å²) in [4.78, 5) is 15.2. The van der Waals surface area contributed by atoms with Crippen molar-refractivity contribution in [2.45, 2.75) is 16.0 Å². The Morgan fingerprint density at radius 2 is 1.85 bits per heavy atom. The zero-order valence-corrected chi connectivity index (χ0v) is 11.4. The molecule has 20 heavy (non-hydrogen) atoms. The Bertz CT molecular complexity index is 629. The fourth-order valence-electron chi connectivity index (χ4n) is 1.41. The minimum Gasteiger partial charge on any atom is -0.296 e. The van der Waals surface area contributed by atoms with E-state index < -0.39 is 11.7 Å². The normalized spacial score (nSPS) is 11.4. The van der Waals surface area contributed by atoms with Crippen molar-refractivity contribution in [1.29, 1.82) is 0 Å². The maximum atomic E-state index is 12.6. The monoisotopic (exact) mass is 317 g/mol. The molecule has 0 fully saturated rings. The van der Waals surface area contributed by atoms with E-state index in [0.717, 1.165) is 17.8 Å². The number of hydrogen-bond donors (Lipinski definition) is 0. The molecule has 2 rings (SSSR count). The van der Waals surface area contributed by atoms with Gasteiger partial charge in [0, 0.05) is 21.0 Å². The first-order valence-corrected chi connectivity index (χ1v) is 6.55. The standard InChI is InChI=1S/C13H7ClF3NOS/c14-9-1-3-10(4-2-9)20-12-5-8(13(15,16)17)6-18-11(12)7-19/h1-7H. The van der Waals surface area contributed by atoms with E-state index in [0.29, 0.717) is 22.4 Å². The van der Waals surface area contributed by atoms with Crippen molar-refractivity contribution < 1.29 is 18.0 Å². The minimum atomic E-state index is -4.50. The predicted octanol–water partition coefficient (Wildman–Crippen LogP) is 4.72. The SMILES string of the molecule is O=Cc1ncc(C(F)(F)F)cc1Sc1ccc(Cl)cc1. The lowest BCUT2D eigenvalue weighted by atomic mass is 10.2. The van der Waals surface area contributed by atoms with Gasteiger partial charge in [-0.05, 0) is 30.3 Å². The van der Waals surface area contributed by atoms with Crippen LogP contribution in [0, 0.1) is 0 Å². The van der Waals surface area contributed by atoms with Crippen LogP contribution in [0.1, 0.15) is 16.1 Å². The number of aldehydes is 1. The van der Waals surface area contributed by atoms with Crippen molar-refractivity contribution in [3.05, 3.63) is 52.8 Å². The number of carbonyl (C=O) groups excluding carboxylic acids is 1. The molecule has 0 aliphatic carbocycles. The zero-order chi connectivity index (χ0) is 14.8. The van der Waals surface area contributed by atoms with Crippen LogP contribution in [0.3, 0.4) is 0 Å². The molecule has 0 radical (unpaired) electrons. The van der Waals surface area contributed by atoms with Gasteiger partial charge in [0.25, 0.3) is 0 Å². The number of hydrogen-bond acceptors (Lipinski definition) is 3. The summed E-state index contributed by atoms with van der Waals surface area (Å²) in [5, 5.41) is 0.520. The van der Waals surface area contributed by atoms with E-state index in [1.807, 2.05) is 0 Å². The molecule has 104 valence electrons. The lowest BCUT2D eigenvalue weighted by Gasteiger charge is -2.09. The third-order valence-electron chi connectivity index (χ3n) is 2.36. The summed E-state index contributed by atoms with van der Waals surface area (Å²) in [5.74, 6) is 0. The Morgan fingerprint density at radius 1 is 1.20 bits per heavy atom. The Hall–Kier alpha value is -1.53. The molecule has 0 bridgehead atoms. The number of benzene rings is 1. The average Bonchev–Trinajstić information content (AvgIpc) is 2.40. The van der Waals surface area contributed by atoms with Gasteiger partial charge in [-0.25, -0.2) is 0 Å². The van der Waals surface area contributed by atoms with Gasteiger partial charge in [-0.2, -0.15) is 13.2 Å². The van der Waals surface area contributed by atoms with Gasteiger partial charge in [0.05, 0.1) is 5.56 Å². The summed E-state index contributed by atoms with van der Waals surface area (Å²) in [7, 11) is 0. The largest absolute Gasteiger partial charge is 0.417 e. The van der Waals surface area contributed by atoms with E-state index in [2.05, 4.69) is 4.98 Å². The molecule has 0 amide bonds. The van der Waals surface area contributed by atoms with Crippen LogP contribution in [-0.4, -0.2) is 11.3 Å². The number of halogens is 4. The molecule has 0 saturated carbocycles. The fraction of sp³-hybridized carbons (Fsp3) is 0.0769. The number of nitrogens with zero attached hydrogens (tertiary/aromatic N) is 1. The van der Waals surface area contributed by atoms with Crippen molar-refractivity contribution in [2.24, 2.45) is 0 Å². The van der Waals surface area contributed by atoms with Crippen LogP contribution in [-0.2, 0) is 6.18 Å². The fourth-order valence-corrected chi connectivity index (χ4v) is 2.45. The Labute approximate surface area is 122 Å². The zero-order valence-electron chi connectivity index (χ0n) is 9.82. The van der Waals surface area contributed by atoms with E-state index in [-0.39, 0.29) is 10.6 Å². The summed E-state index contributed by atoms with van der Waals surface area (Å²) in [6.07, 6.45) is -3.42. The first-order valence-electron chi connectivity index (χ1n) is 5.36. The molecule has 2 nitrogen and oxygen atoms in total. The second-order valence-electron chi connectivity index (χ2n) is 3.78. The molecule has 0 atom stereocenters. The first-order chi connectivity index (χ1) is 9.40. The van der Waals surface area contributed by atoms with Crippen molar-refractivity contribution in [2.75, 3.05) is 0 Å². The molecular weight excluding hydrogens is 311 g/mol. The highest BCUT2D eigenvalue weighted by Gasteiger charge is 2.31. The van der Waals surface area contributed by atoms with Gasteiger partial charge in [-0.1, -0.05) is 23.4 Å². The summed E-state index contributed by atoms with van der Waals surface area (Å²) in [5.41, 5.74) is -0.919. The van der Waals surface area contributed by atoms with Gasteiger partial charge in [-0.15, -0.1) is 0 Å². The molecule has 1 heterocycles. The maximum absolute atomic E-state index is 12.6. The Kier molecular flexibility index (Phi) is 4.35. The average molecular weight is 318 g/mol. The van der Waals surface area contributed by atoms with Crippen LogP contribution in [0.25, 0.3) is 0 Å². The summed E-state index contributed by atoms with van der Waals surface area (Å²) in [6.45, 7) is 0. The topological polar surface area (TPSA) is 30.0 Å². The summed E-state index contributed by atoms with van der Waals surface area (Å²) < 4.78 is 37.9. The molecular formula is C13H7ClF3NOS. The number of carbonyl (C=O) groups is 1. The predicted molar refractivity (Wildman–Crippen MR) is 70.2 cm³/mol. The molecule has 1 aromatic carbocycles. The van der Waals surface area contributed by atoms with Crippen LogP contribution >= 0.6 is 23.4 Å². The molecule has 0 aliphatic rings. The lowest BCUT2D eigenvalue weighted by Crippen LogP contribution is -2.07. The van der Waals surface area contributed by atoms with Crippen LogP contribution in [0.15, 0.2) is 46.3 Å². The molecule has 2 aromatic rings. The van der Waals surface area contributed by atoms with Crippen LogP contribution in [0.2, 0.25) is 5.02 Å². The van der Waals surface area contributed by atoms with E-state index in [1.165, 1.54) is 0 Å².